The summed E-state index contributed by atoms with van der Waals surface area (Å²) in [5.41, 5.74) is 10.8. The van der Waals surface area contributed by atoms with Crippen LogP contribution in [0, 0.1) is 46.5 Å². The molecule has 2 aromatic carbocycles. The molecule has 162 valence electrons. The summed E-state index contributed by atoms with van der Waals surface area (Å²) in [6.45, 7) is 11.5. The first kappa shape index (κ1) is 21.7. The normalized spacial score (nSPS) is 27.2. The maximum absolute atomic E-state index is 2.43. The van der Waals surface area contributed by atoms with Crippen LogP contribution in [0.25, 0.3) is 0 Å². The van der Waals surface area contributed by atoms with E-state index >= 15 is 0 Å². The van der Waals surface area contributed by atoms with E-state index in [1.165, 1.54) is 74.5 Å². The Morgan fingerprint density at radius 1 is 0.533 bits per heavy atom. The molecular formula is C30H42. The lowest BCUT2D eigenvalue weighted by Crippen LogP contribution is -2.20. The molecule has 2 fully saturated rings. The summed E-state index contributed by atoms with van der Waals surface area (Å²) in [7, 11) is 0. The molecule has 30 heavy (non-hydrogen) atoms. The van der Waals surface area contributed by atoms with E-state index in [9.17, 15) is 0 Å². The van der Waals surface area contributed by atoms with E-state index in [1.54, 1.807) is 22.3 Å². The van der Waals surface area contributed by atoms with Gasteiger partial charge in [-0.3, -0.25) is 0 Å². The minimum atomic E-state index is 0.806. The average molecular weight is 403 g/mol. The van der Waals surface area contributed by atoms with E-state index in [2.05, 4.69) is 65.0 Å². The minimum Gasteiger partial charge on any atom is -0.0617 e. The Morgan fingerprint density at radius 3 is 1.60 bits per heavy atom. The Kier molecular flexibility index (Phi) is 6.71. The number of hydrogen-bond donors (Lipinski definition) is 0. The fourth-order valence-corrected chi connectivity index (χ4v) is 6.53. The zero-order chi connectivity index (χ0) is 21.3. The molecule has 0 radical (unpaired) electrons. The number of rotatable bonds is 4. The molecule has 0 nitrogen and oxygen atoms in total. The van der Waals surface area contributed by atoms with Crippen LogP contribution in [0.4, 0.5) is 0 Å². The molecule has 0 unspecified atom stereocenters. The highest BCUT2D eigenvalue weighted by atomic mass is 14.3. The largest absolute Gasteiger partial charge is 0.0617 e. The first-order valence-corrected chi connectivity index (χ1v) is 12.6. The van der Waals surface area contributed by atoms with E-state index in [1.807, 2.05) is 0 Å². The SMILES string of the molecule is Cc1cccc(C2CCC(CC3CCC(c4ccc(C)c(C)c4C)CC3)CC2)c1C. The Bertz CT molecular complexity index is 858. The summed E-state index contributed by atoms with van der Waals surface area (Å²) in [5.74, 6) is 3.58. The summed E-state index contributed by atoms with van der Waals surface area (Å²) < 4.78 is 0. The predicted octanol–water partition coefficient (Wildman–Crippen LogP) is 8.87. The van der Waals surface area contributed by atoms with E-state index in [0.29, 0.717) is 0 Å². The van der Waals surface area contributed by atoms with Gasteiger partial charge in [0.05, 0.1) is 0 Å². The van der Waals surface area contributed by atoms with Crippen LogP contribution in [-0.2, 0) is 0 Å². The van der Waals surface area contributed by atoms with E-state index in [-0.39, 0.29) is 0 Å². The Morgan fingerprint density at radius 2 is 1.03 bits per heavy atom. The fourth-order valence-electron chi connectivity index (χ4n) is 6.53. The fraction of sp³-hybridized carbons (Fsp3) is 0.600. The van der Waals surface area contributed by atoms with Gasteiger partial charge in [-0.15, -0.1) is 0 Å². The highest BCUT2D eigenvalue weighted by Crippen LogP contribution is 2.44. The molecule has 0 aliphatic heterocycles. The van der Waals surface area contributed by atoms with Crippen molar-refractivity contribution >= 4 is 0 Å². The van der Waals surface area contributed by atoms with Gasteiger partial charge in [-0.05, 0) is 155 Å². The molecule has 2 aliphatic rings. The van der Waals surface area contributed by atoms with Gasteiger partial charge < -0.3 is 0 Å². The third-order valence-corrected chi connectivity index (χ3v) is 8.99. The Hall–Kier alpha value is -1.56. The quantitative estimate of drug-likeness (QED) is 0.479. The molecule has 0 heterocycles. The third-order valence-electron chi connectivity index (χ3n) is 8.99. The maximum Gasteiger partial charge on any atom is -0.0159 e. The molecule has 0 bridgehead atoms. The van der Waals surface area contributed by atoms with Crippen molar-refractivity contribution in [2.24, 2.45) is 11.8 Å². The average Bonchev–Trinajstić information content (AvgIpc) is 2.76. The molecular weight excluding hydrogens is 360 g/mol. The van der Waals surface area contributed by atoms with Crippen LogP contribution in [0.5, 0.6) is 0 Å². The molecule has 4 rings (SSSR count). The van der Waals surface area contributed by atoms with Crippen molar-refractivity contribution in [1.82, 2.24) is 0 Å². The zero-order valence-corrected chi connectivity index (χ0v) is 20.1. The molecule has 0 atom stereocenters. The van der Waals surface area contributed by atoms with Crippen molar-refractivity contribution < 1.29 is 0 Å². The summed E-state index contributed by atoms with van der Waals surface area (Å²) in [4.78, 5) is 0. The third kappa shape index (κ3) is 4.53. The molecule has 0 heteroatoms. The van der Waals surface area contributed by atoms with Crippen LogP contribution in [0.2, 0.25) is 0 Å². The van der Waals surface area contributed by atoms with Crippen molar-refractivity contribution in [3.8, 4) is 0 Å². The predicted molar refractivity (Wildman–Crippen MR) is 131 cm³/mol. The van der Waals surface area contributed by atoms with E-state index in [0.717, 1.165) is 23.7 Å². The summed E-state index contributed by atoms with van der Waals surface area (Å²) in [6.07, 6.45) is 12.9. The van der Waals surface area contributed by atoms with Crippen LogP contribution in [-0.4, -0.2) is 0 Å². The van der Waals surface area contributed by atoms with Gasteiger partial charge in [0.15, 0.2) is 0 Å². The van der Waals surface area contributed by atoms with Gasteiger partial charge in [0.2, 0.25) is 0 Å². The van der Waals surface area contributed by atoms with Crippen LogP contribution < -0.4 is 0 Å². The molecule has 2 saturated carbocycles. The van der Waals surface area contributed by atoms with Crippen molar-refractivity contribution in [3.05, 3.63) is 69.3 Å². The topological polar surface area (TPSA) is 0 Å². The molecule has 2 aromatic rings. The van der Waals surface area contributed by atoms with Crippen molar-refractivity contribution in [1.29, 1.82) is 0 Å². The summed E-state index contributed by atoms with van der Waals surface area (Å²) >= 11 is 0. The van der Waals surface area contributed by atoms with Gasteiger partial charge in [-0.2, -0.15) is 0 Å². The molecule has 0 spiro atoms. The lowest BCUT2D eigenvalue weighted by Gasteiger charge is -2.35. The van der Waals surface area contributed by atoms with E-state index in [4.69, 9.17) is 0 Å². The second-order valence-corrected chi connectivity index (χ2v) is 10.7. The van der Waals surface area contributed by atoms with Crippen LogP contribution in [0.1, 0.15) is 109 Å². The smallest absolute Gasteiger partial charge is 0.0159 e. The molecule has 0 amide bonds. The lowest BCUT2D eigenvalue weighted by atomic mass is 9.70. The van der Waals surface area contributed by atoms with Gasteiger partial charge in [-0.25, -0.2) is 0 Å². The van der Waals surface area contributed by atoms with Crippen LogP contribution >= 0.6 is 0 Å². The van der Waals surface area contributed by atoms with Crippen LogP contribution in [0.15, 0.2) is 30.3 Å². The monoisotopic (exact) mass is 402 g/mol. The Balaban J connectivity index is 1.27. The second-order valence-electron chi connectivity index (χ2n) is 10.7. The van der Waals surface area contributed by atoms with Crippen molar-refractivity contribution in [2.45, 2.75) is 104 Å². The summed E-state index contributed by atoms with van der Waals surface area (Å²) in [5, 5.41) is 0. The highest BCUT2D eigenvalue weighted by Gasteiger charge is 2.29. The van der Waals surface area contributed by atoms with Gasteiger partial charge in [0, 0.05) is 0 Å². The standard InChI is InChI=1S/C30H42/c1-20-7-6-8-29(23(20)4)27-14-10-25(11-15-27)19-26-12-16-28(17-13-26)30-18-9-21(2)22(3)24(30)5/h6-9,18,25-28H,10-17,19H2,1-5H3. The van der Waals surface area contributed by atoms with Gasteiger partial charge in [-0.1, -0.05) is 30.3 Å². The van der Waals surface area contributed by atoms with Crippen LogP contribution in [0.3, 0.4) is 0 Å². The number of benzene rings is 2. The maximum atomic E-state index is 2.43. The van der Waals surface area contributed by atoms with Gasteiger partial charge in [0.25, 0.3) is 0 Å². The molecule has 0 saturated heterocycles. The molecule has 0 aromatic heterocycles. The number of hydrogen-bond acceptors (Lipinski definition) is 0. The Labute approximate surface area is 185 Å². The van der Waals surface area contributed by atoms with Gasteiger partial charge in [0.1, 0.15) is 0 Å². The van der Waals surface area contributed by atoms with Crippen molar-refractivity contribution in [2.75, 3.05) is 0 Å². The molecule has 2 aliphatic carbocycles. The van der Waals surface area contributed by atoms with Crippen molar-refractivity contribution in [3.63, 3.8) is 0 Å². The number of aryl methyl sites for hydroxylation is 2. The minimum absolute atomic E-state index is 0.806. The lowest BCUT2D eigenvalue weighted by molar-refractivity contribution is 0.224. The second kappa shape index (κ2) is 9.29. The zero-order valence-electron chi connectivity index (χ0n) is 20.1. The highest BCUT2D eigenvalue weighted by molar-refractivity contribution is 5.40. The molecule has 0 N–H and O–H groups in total. The first-order chi connectivity index (χ1) is 14.4. The van der Waals surface area contributed by atoms with E-state index < -0.39 is 0 Å². The first-order valence-electron chi connectivity index (χ1n) is 12.6. The summed E-state index contributed by atoms with van der Waals surface area (Å²) in [6, 6.07) is 11.7. The van der Waals surface area contributed by atoms with Gasteiger partial charge >= 0.3 is 0 Å².